The van der Waals surface area contributed by atoms with Crippen LogP contribution in [0.5, 0.6) is 5.75 Å². The number of carbonyl (C=O) groups excluding carboxylic acids is 1. The molecule has 2 N–H and O–H groups in total. The summed E-state index contributed by atoms with van der Waals surface area (Å²) >= 11 is 0. The van der Waals surface area contributed by atoms with Crippen molar-refractivity contribution in [3.63, 3.8) is 0 Å². The molecule has 0 aliphatic carbocycles. The van der Waals surface area contributed by atoms with Gasteiger partial charge in [0, 0.05) is 12.1 Å². The Kier molecular flexibility index (Phi) is 4.77. The van der Waals surface area contributed by atoms with Gasteiger partial charge in [-0.2, -0.15) is 5.26 Å². The first kappa shape index (κ1) is 16.3. The number of phenols is 1. The number of hydrogen-bond donors (Lipinski definition) is 2. The van der Waals surface area contributed by atoms with Crippen LogP contribution < -0.4 is 5.32 Å². The van der Waals surface area contributed by atoms with E-state index in [2.05, 4.69) is 5.32 Å². The van der Waals surface area contributed by atoms with Gasteiger partial charge in [0.1, 0.15) is 17.4 Å². The summed E-state index contributed by atoms with van der Waals surface area (Å²) in [5.41, 5.74) is 1.35. The highest BCUT2D eigenvalue weighted by molar-refractivity contribution is 6.04. The van der Waals surface area contributed by atoms with Crippen molar-refractivity contribution < 1.29 is 9.90 Å². The van der Waals surface area contributed by atoms with Crippen LogP contribution >= 0.6 is 0 Å². The molecule has 122 valence electrons. The van der Waals surface area contributed by atoms with Gasteiger partial charge in [-0.3, -0.25) is 4.79 Å². The van der Waals surface area contributed by atoms with Gasteiger partial charge in [0.15, 0.2) is 0 Å². The molecule has 0 radical (unpaired) electrons. The molecule has 0 saturated carbocycles. The van der Waals surface area contributed by atoms with Gasteiger partial charge in [-0.15, -0.1) is 0 Å². The van der Waals surface area contributed by atoms with E-state index < -0.39 is 5.91 Å². The number of carbonyl (C=O) groups is 1. The standard InChI is InChI=1S/C21H16N2O2/c22-13-17(21(25)23-14-15-6-2-1-3-7-15)12-19-18-9-5-4-8-16(18)10-11-20(19)24/h1-12,24H,14H2,(H,23,25)/b17-12-. The molecular formula is C21H16N2O2. The van der Waals surface area contributed by atoms with Gasteiger partial charge in [0.05, 0.1) is 0 Å². The Bertz CT molecular complexity index is 986. The fourth-order valence-corrected chi connectivity index (χ4v) is 2.60. The summed E-state index contributed by atoms with van der Waals surface area (Å²) in [4.78, 5) is 12.3. The smallest absolute Gasteiger partial charge is 0.262 e. The Morgan fingerprint density at radius 1 is 1.04 bits per heavy atom. The predicted molar refractivity (Wildman–Crippen MR) is 97.5 cm³/mol. The fraction of sp³-hybridized carbons (Fsp3) is 0.0476. The monoisotopic (exact) mass is 328 g/mol. The highest BCUT2D eigenvalue weighted by Crippen LogP contribution is 2.29. The topological polar surface area (TPSA) is 73.1 Å². The number of nitrogens with zero attached hydrogens (tertiary/aromatic N) is 1. The summed E-state index contributed by atoms with van der Waals surface area (Å²) in [6.07, 6.45) is 1.43. The third-order valence-electron chi connectivity index (χ3n) is 3.90. The van der Waals surface area contributed by atoms with Crippen LogP contribution in [0.2, 0.25) is 0 Å². The molecule has 3 aromatic carbocycles. The first-order valence-electron chi connectivity index (χ1n) is 7.83. The Labute approximate surface area is 145 Å². The van der Waals surface area contributed by atoms with Gasteiger partial charge in [-0.25, -0.2) is 0 Å². The minimum absolute atomic E-state index is 0.0299. The number of amides is 1. The molecule has 1 amide bonds. The highest BCUT2D eigenvalue weighted by atomic mass is 16.3. The van der Waals surface area contributed by atoms with Crippen LogP contribution in [0.25, 0.3) is 16.8 Å². The lowest BCUT2D eigenvalue weighted by Crippen LogP contribution is -2.23. The van der Waals surface area contributed by atoms with Crippen molar-refractivity contribution >= 4 is 22.8 Å². The molecule has 0 spiro atoms. The molecule has 0 atom stereocenters. The molecule has 0 unspecified atom stereocenters. The number of phenolic OH excluding ortho intramolecular Hbond substituents is 1. The van der Waals surface area contributed by atoms with Gasteiger partial charge in [-0.05, 0) is 28.5 Å². The van der Waals surface area contributed by atoms with Crippen molar-refractivity contribution in [3.05, 3.63) is 83.4 Å². The summed E-state index contributed by atoms with van der Waals surface area (Å²) in [7, 11) is 0. The van der Waals surface area contributed by atoms with Crippen molar-refractivity contribution in [2.45, 2.75) is 6.54 Å². The zero-order chi connectivity index (χ0) is 17.6. The largest absolute Gasteiger partial charge is 0.507 e. The quantitative estimate of drug-likeness (QED) is 0.565. The van der Waals surface area contributed by atoms with E-state index in [1.54, 1.807) is 12.1 Å². The van der Waals surface area contributed by atoms with Crippen LogP contribution in [0.1, 0.15) is 11.1 Å². The first-order valence-corrected chi connectivity index (χ1v) is 7.83. The third-order valence-corrected chi connectivity index (χ3v) is 3.90. The molecule has 25 heavy (non-hydrogen) atoms. The van der Waals surface area contributed by atoms with E-state index in [1.807, 2.05) is 60.7 Å². The molecule has 0 bridgehead atoms. The number of nitriles is 1. The Morgan fingerprint density at radius 3 is 2.52 bits per heavy atom. The van der Waals surface area contributed by atoms with Crippen molar-refractivity contribution in [1.82, 2.24) is 5.32 Å². The highest BCUT2D eigenvalue weighted by Gasteiger charge is 2.12. The maximum absolute atomic E-state index is 12.3. The molecular weight excluding hydrogens is 312 g/mol. The maximum Gasteiger partial charge on any atom is 0.262 e. The number of rotatable bonds is 4. The normalized spacial score (nSPS) is 11.1. The van der Waals surface area contributed by atoms with Crippen LogP contribution in [0.15, 0.2) is 72.3 Å². The lowest BCUT2D eigenvalue weighted by molar-refractivity contribution is -0.117. The van der Waals surface area contributed by atoms with Crippen molar-refractivity contribution in [2.24, 2.45) is 0 Å². The van der Waals surface area contributed by atoms with Crippen LogP contribution in [-0.2, 0) is 11.3 Å². The minimum Gasteiger partial charge on any atom is -0.507 e. The first-order chi connectivity index (χ1) is 12.2. The fourth-order valence-electron chi connectivity index (χ4n) is 2.60. The third kappa shape index (κ3) is 3.67. The number of aromatic hydroxyl groups is 1. The summed E-state index contributed by atoms with van der Waals surface area (Å²) in [6.45, 7) is 0.334. The van der Waals surface area contributed by atoms with Gasteiger partial charge >= 0.3 is 0 Å². The number of hydrogen-bond acceptors (Lipinski definition) is 3. The Balaban J connectivity index is 1.89. The van der Waals surface area contributed by atoms with E-state index in [1.165, 1.54) is 6.08 Å². The zero-order valence-electron chi connectivity index (χ0n) is 13.4. The predicted octanol–water partition coefficient (Wildman–Crippen LogP) is 3.77. The van der Waals surface area contributed by atoms with Crippen molar-refractivity contribution in [2.75, 3.05) is 0 Å². The minimum atomic E-state index is -0.473. The molecule has 4 heteroatoms. The second-order valence-corrected chi connectivity index (χ2v) is 5.56. The van der Waals surface area contributed by atoms with E-state index in [9.17, 15) is 15.2 Å². The number of benzene rings is 3. The van der Waals surface area contributed by atoms with Gasteiger partial charge in [0.25, 0.3) is 5.91 Å². The van der Waals surface area contributed by atoms with E-state index in [0.29, 0.717) is 12.1 Å². The Morgan fingerprint density at radius 2 is 1.76 bits per heavy atom. The lowest BCUT2D eigenvalue weighted by atomic mass is 10.0. The summed E-state index contributed by atoms with van der Waals surface area (Å²) < 4.78 is 0. The lowest BCUT2D eigenvalue weighted by Gasteiger charge is -2.07. The van der Waals surface area contributed by atoms with Crippen LogP contribution in [-0.4, -0.2) is 11.0 Å². The average molecular weight is 328 g/mol. The summed E-state index contributed by atoms with van der Waals surface area (Å²) in [5.74, 6) is -0.444. The summed E-state index contributed by atoms with van der Waals surface area (Å²) in [6, 6.07) is 22.2. The van der Waals surface area contributed by atoms with Crippen LogP contribution in [0, 0.1) is 11.3 Å². The second kappa shape index (κ2) is 7.33. The maximum atomic E-state index is 12.3. The van der Waals surface area contributed by atoms with Gasteiger partial charge < -0.3 is 10.4 Å². The van der Waals surface area contributed by atoms with Crippen LogP contribution in [0.4, 0.5) is 0 Å². The summed E-state index contributed by atoms with van der Waals surface area (Å²) in [5, 5.41) is 23.9. The van der Waals surface area contributed by atoms with Crippen molar-refractivity contribution in [1.29, 1.82) is 5.26 Å². The molecule has 4 nitrogen and oxygen atoms in total. The van der Waals surface area contributed by atoms with E-state index >= 15 is 0 Å². The molecule has 0 heterocycles. The van der Waals surface area contributed by atoms with E-state index in [0.717, 1.165) is 16.3 Å². The second-order valence-electron chi connectivity index (χ2n) is 5.56. The molecule has 0 fully saturated rings. The zero-order valence-corrected chi connectivity index (χ0v) is 13.4. The SMILES string of the molecule is N#C/C(=C/c1c(O)ccc2ccccc12)C(=O)NCc1ccccc1. The molecule has 3 rings (SSSR count). The van der Waals surface area contributed by atoms with Crippen molar-refractivity contribution in [3.8, 4) is 11.8 Å². The molecule has 0 aromatic heterocycles. The average Bonchev–Trinajstić information content (AvgIpc) is 2.66. The Hall–Kier alpha value is -3.58. The van der Waals surface area contributed by atoms with Gasteiger partial charge in [0.2, 0.25) is 0 Å². The van der Waals surface area contributed by atoms with E-state index in [4.69, 9.17) is 0 Å². The van der Waals surface area contributed by atoms with Crippen LogP contribution in [0.3, 0.4) is 0 Å². The molecule has 0 aliphatic rings. The van der Waals surface area contributed by atoms with E-state index in [-0.39, 0.29) is 11.3 Å². The molecule has 0 saturated heterocycles. The molecule has 0 aliphatic heterocycles. The number of nitrogens with one attached hydrogen (secondary N) is 1. The van der Waals surface area contributed by atoms with Gasteiger partial charge in [-0.1, -0.05) is 60.7 Å². The number of fused-ring (bicyclic) bond motifs is 1. The molecule has 3 aromatic rings.